The molecule has 6 nitrogen and oxygen atoms in total. The van der Waals surface area contributed by atoms with Crippen LogP contribution in [0.1, 0.15) is 39.5 Å². The molecular weight excluding hydrogens is 404 g/mol. The highest BCUT2D eigenvalue weighted by atomic mass is 16.5. The number of anilines is 3. The third-order valence-electron chi connectivity index (χ3n) is 5.06. The molecule has 2 atom stereocenters. The summed E-state index contributed by atoms with van der Waals surface area (Å²) in [5, 5.41) is 24.4. The first-order valence-corrected chi connectivity index (χ1v) is 11.8. The van der Waals surface area contributed by atoms with Gasteiger partial charge in [0.15, 0.2) is 0 Å². The van der Waals surface area contributed by atoms with E-state index in [-0.39, 0.29) is 13.2 Å². The van der Waals surface area contributed by atoms with Gasteiger partial charge in [0.05, 0.1) is 25.4 Å². The van der Waals surface area contributed by atoms with Gasteiger partial charge in [-0.1, -0.05) is 44.9 Å². The third-order valence-corrected chi connectivity index (χ3v) is 5.06. The fraction of sp³-hybridized carbons (Fsp3) is 0.538. The Kier molecular flexibility index (Phi) is 12.8. The SMILES string of the molecule is CCCCOCC(O)CN(CC(O)COCCCC)c1ccc(Nc2ccccc2)cc1. The summed E-state index contributed by atoms with van der Waals surface area (Å²) in [5.74, 6) is 0. The van der Waals surface area contributed by atoms with E-state index in [0.717, 1.165) is 42.7 Å². The summed E-state index contributed by atoms with van der Waals surface area (Å²) in [5.41, 5.74) is 2.94. The molecule has 2 aromatic carbocycles. The molecule has 0 saturated heterocycles. The summed E-state index contributed by atoms with van der Waals surface area (Å²) in [4.78, 5) is 1.99. The number of unbranched alkanes of at least 4 members (excludes halogenated alkanes) is 2. The van der Waals surface area contributed by atoms with Crippen LogP contribution in [-0.2, 0) is 9.47 Å². The molecule has 0 bridgehead atoms. The van der Waals surface area contributed by atoms with E-state index in [2.05, 4.69) is 19.2 Å². The van der Waals surface area contributed by atoms with Crippen LogP contribution in [0.5, 0.6) is 0 Å². The minimum absolute atomic E-state index is 0.285. The van der Waals surface area contributed by atoms with E-state index in [9.17, 15) is 10.2 Å². The van der Waals surface area contributed by atoms with Crippen LogP contribution in [0.3, 0.4) is 0 Å². The maximum absolute atomic E-state index is 10.5. The number of aliphatic hydroxyl groups is 2. The Morgan fingerprint density at radius 3 is 1.75 bits per heavy atom. The van der Waals surface area contributed by atoms with Crippen LogP contribution < -0.4 is 10.2 Å². The number of nitrogens with one attached hydrogen (secondary N) is 1. The average Bonchev–Trinajstić information content (AvgIpc) is 2.80. The van der Waals surface area contributed by atoms with Crippen molar-refractivity contribution >= 4 is 17.1 Å². The van der Waals surface area contributed by atoms with Gasteiger partial charge in [-0.05, 0) is 49.2 Å². The van der Waals surface area contributed by atoms with E-state index in [0.29, 0.717) is 26.3 Å². The van der Waals surface area contributed by atoms with Crippen molar-refractivity contribution in [3.63, 3.8) is 0 Å². The highest BCUT2D eigenvalue weighted by Crippen LogP contribution is 2.22. The molecule has 2 aromatic rings. The summed E-state index contributed by atoms with van der Waals surface area (Å²) in [6.07, 6.45) is 2.83. The molecule has 0 aliphatic heterocycles. The molecule has 0 amide bonds. The third kappa shape index (κ3) is 10.5. The van der Waals surface area contributed by atoms with Gasteiger partial charge in [-0.15, -0.1) is 0 Å². The fourth-order valence-corrected chi connectivity index (χ4v) is 3.27. The van der Waals surface area contributed by atoms with Crippen LogP contribution in [0.25, 0.3) is 0 Å². The van der Waals surface area contributed by atoms with Crippen molar-refractivity contribution in [3.05, 3.63) is 54.6 Å². The summed E-state index contributed by atoms with van der Waals surface area (Å²) < 4.78 is 11.2. The maximum atomic E-state index is 10.5. The van der Waals surface area contributed by atoms with E-state index >= 15 is 0 Å². The van der Waals surface area contributed by atoms with E-state index in [1.807, 2.05) is 59.5 Å². The lowest BCUT2D eigenvalue weighted by Gasteiger charge is -2.29. The zero-order valence-electron chi connectivity index (χ0n) is 19.6. The Labute approximate surface area is 193 Å². The second-order valence-electron chi connectivity index (χ2n) is 8.11. The predicted molar refractivity (Wildman–Crippen MR) is 132 cm³/mol. The van der Waals surface area contributed by atoms with Crippen molar-refractivity contribution in [2.24, 2.45) is 0 Å². The monoisotopic (exact) mass is 444 g/mol. The van der Waals surface area contributed by atoms with Crippen LogP contribution in [-0.4, -0.2) is 61.9 Å². The van der Waals surface area contributed by atoms with Crippen molar-refractivity contribution in [1.82, 2.24) is 0 Å². The van der Waals surface area contributed by atoms with Crippen molar-refractivity contribution < 1.29 is 19.7 Å². The topological polar surface area (TPSA) is 74.2 Å². The molecule has 0 saturated carbocycles. The number of hydrogen-bond donors (Lipinski definition) is 3. The molecule has 0 aliphatic carbocycles. The highest BCUT2D eigenvalue weighted by molar-refractivity contribution is 5.62. The first-order valence-electron chi connectivity index (χ1n) is 11.8. The van der Waals surface area contributed by atoms with Gasteiger partial charge in [-0.3, -0.25) is 0 Å². The van der Waals surface area contributed by atoms with Crippen molar-refractivity contribution in [1.29, 1.82) is 0 Å². The standard InChI is InChI=1S/C26H40N2O4/c1-3-5-16-31-20-25(29)18-28(19-26(30)21-32-17-6-4-2)24-14-12-23(13-15-24)27-22-10-8-7-9-11-22/h7-15,25-27,29-30H,3-6,16-21H2,1-2H3. The van der Waals surface area contributed by atoms with Gasteiger partial charge in [0.2, 0.25) is 0 Å². The number of para-hydroxylation sites is 1. The minimum Gasteiger partial charge on any atom is -0.389 e. The second kappa shape index (κ2) is 15.6. The number of aliphatic hydroxyl groups excluding tert-OH is 2. The summed E-state index contributed by atoms with van der Waals surface area (Å²) in [7, 11) is 0. The first kappa shape index (κ1) is 26.1. The molecule has 0 spiro atoms. The van der Waals surface area contributed by atoms with E-state index in [1.165, 1.54) is 0 Å². The Morgan fingerprint density at radius 2 is 1.25 bits per heavy atom. The molecule has 0 heterocycles. The van der Waals surface area contributed by atoms with Crippen LogP contribution in [0.15, 0.2) is 54.6 Å². The van der Waals surface area contributed by atoms with Gasteiger partial charge in [-0.2, -0.15) is 0 Å². The first-order chi connectivity index (χ1) is 15.6. The molecule has 2 rings (SSSR count). The number of hydrogen-bond acceptors (Lipinski definition) is 6. The number of nitrogens with zero attached hydrogens (tertiary/aromatic N) is 1. The van der Waals surface area contributed by atoms with Crippen molar-refractivity contribution in [2.45, 2.75) is 51.7 Å². The van der Waals surface area contributed by atoms with Crippen LogP contribution in [0.4, 0.5) is 17.1 Å². The smallest absolute Gasteiger partial charge is 0.0948 e. The largest absolute Gasteiger partial charge is 0.389 e. The molecule has 178 valence electrons. The minimum atomic E-state index is -0.637. The van der Waals surface area contributed by atoms with Gasteiger partial charge in [0.25, 0.3) is 0 Å². The quantitative estimate of drug-likeness (QED) is 0.310. The molecular formula is C26H40N2O4. The molecule has 0 fully saturated rings. The lowest BCUT2D eigenvalue weighted by Crippen LogP contribution is -2.41. The Bertz CT molecular complexity index is 692. The van der Waals surface area contributed by atoms with Gasteiger partial charge >= 0.3 is 0 Å². The predicted octanol–water partition coefficient (Wildman–Crippen LogP) is 4.59. The molecule has 2 unspecified atom stereocenters. The zero-order valence-corrected chi connectivity index (χ0v) is 19.6. The van der Waals surface area contributed by atoms with E-state index < -0.39 is 12.2 Å². The van der Waals surface area contributed by atoms with E-state index in [4.69, 9.17) is 9.47 Å². The number of rotatable bonds is 17. The van der Waals surface area contributed by atoms with Gasteiger partial charge in [-0.25, -0.2) is 0 Å². The lowest BCUT2D eigenvalue weighted by atomic mass is 10.2. The normalized spacial score (nSPS) is 13.0. The Morgan fingerprint density at radius 1 is 0.750 bits per heavy atom. The molecule has 3 N–H and O–H groups in total. The molecule has 32 heavy (non-hydrogen) atoms. The number of benzene rings is 2. The van der Waals surface area contributed by atoms with Gasteiger partial charge in [0, 0.05) is 43.4 Å². The average molecular weight is 445 g/mol. The Hall–Kier alpha value is -2.12. The molecule has 0 aromatic heterocycles. The fourth-order valence-electron chi connectivity index (χ4n) is 3.27. The second-order valence-corrected chi connectivity index (χ2v) is 8.11. The van der Waals surface area contributed by atoms with Gasteiger partial charge in [0.1, 0.15) is 0 Å². The maximum Gasteiger partial charge on any atom is 0.0948 e. The van der Waals surface area contributed by atoms with Crippen molar-refractivity contribution in [2.75, 3.05) is 49.7 Å². The summed E-state index contributed by atoms with van der Waals surface area (Å²) in [6, 6.07) is 18.0. The van der Waals surface area contributed by atoms with E-state index in [1.54, 1.807) is 0 Å². The summed E-state index contributed by atoms with van der Waals surface area (Å²) in [6.45, 7) is 6.86. The van der Waals surface area contributed by atoms with Crippen molar-refractivity contribution in [3.8, 4) is 0 Å². The van der Waals surface area contributed by atoms with Gasteiger partial charge < -0.3 is 29.9 Å². The Balaban J connectivity index is 1.98. The zero-order chi connectivity index (χ0) is 23.0. The number of ether oxygens (including phenoxy) is 2. The molecule has 0 radical (unpaired) electrons. The summed E-state index contributed by atoms with van der Waals surface area (Å²) >= 11 is 0. The van der Waals surface area contributed by atoms with Crippen LogP contribution >= 0.6 is 0 Å². The highest BCUT2D eigenvalue weighted by Gasteiger charge is 2.17. The molecule has 6 heteroatoms. The van der Waals surface area contributed by atoms with Crippen LogP contribution in [0, 0.1) is 0 Å². The van der Waals surface area contributed by atoms with Crippen LogP contribution in [0.2, 0.25) is 0 Å². The lowest BCUT2D eigenvalue weighted by molar-refractivity contribution is 0.0288. The molecule has 0 aliphatic rings.